The Morgan fingerprint density at radius 1 is 1.30 bits per heavy atom. The third-order valence-electron chi connectivity index (χ3n) is 4.12. The Morgan fingerprint density at radius 3 is 2.96 bits per heavy atom. The Bertz CT molecular complexity index is 668. The first-order valence-electron chi connectivity index (χ1n) is 7.64. The van der Waals surface area contributed by atoms with Gasteiger partial charge >= 0.3 is 0 Å². The third kappa shape index (κ3) is 3.55. The normalized spacial score (nSPS) is 17.9. The summed E-state index contributed by atoms with van der Waals surface area (Å²) in [6.07, 6.45) is 5.78. The average molecular weight is 378 g/mol. The van der Waals surface area contributed by atoms with Crippen molar-refractivity contribution < 1.29 is 4.74 Å². The Hall–Kier alpha value is -1.89. The van der Waals surface area contributed by atoms with E-state index in [1.165, 1.54) is 0 Å². The van der Waals surface area contributed by atoms with Crippen molar-refractivity contribution in [1.29, 1.82) is 0 Å². The van der Waals surface area contributed by atoms with Gasteiger partial charge in [0.25, 0.3) is 0 Å². The highest BCUT2D eigenvalue weighted by Crippen LogP contribution is 2.28. The second-order valence-corrected chi connectivity index (χ2v) is 6.42. The van der Waals surface area contributed by atoms with Crippen LogP contribution in [0.2, 0.25) is 0 Å². The van der Waals surface area contributed by atoms with Crippen LogP contribution in [0.4, 0.5) is 11.8 Å². The molecule has 0 N–H and O–H groups in total. The summed E-state index contributed by atoms with van der Waals surface area (Å²) in [6, 6.07) is 6.06. The van der Waals surface area contributed by atoms with E-state index in [0.717, 1.165) is 36.2 Å². The summed E-state index contributed by atoms with van der Waals surface area (Å²) in [7, 11) is 3.66. The van der Waals surface area contributed by atoms with Gasteiger partial charge < -0.3 is 14.5 Å². The summed E-state index contributed by atoms with van der Waals surface area (Å²) in [5.41, 5.74) is 0. The van der Waals surface area contributed by atoms with E-state index in [2.05, 4.69) is 40.7 Å². The SMILES string of the molecule is COc1ccnc(N(C)C2CCCN(c3ncccc3Br)C2)n1. The minimum Gasteiger partial charge on any atom is -0.481 e. The van der Waals surface area contributed by atoms with E-state index < -0.39 is 0 Å². The highest BCUT2D eigenvalue weighted by atomic mass is 79.9. The number of aromatic nitrogens is 3. The molecule has 122 valence electrons. The number of piperidine rings is 1. The standard InChI is InChI=1S/C16H20BrN5O/c1-21(16-19-9-7-14(20-16)23-2)12-5-4-10-22(11-12)15-13(17)6-3-8-18-15/h3,6-9,12H,4-5,10-11H2,1-2H3. The molecule has 0 aromatic carbocycles. The molecule has 3 heterocycles. The van der Waals surface area contributed by atoms with Crippen molar-refractivity contribution in [2.75, 3.05) is 37.0 Å². The summed E-state index contributed by atoms with van der Waals surface area (Å²) >= 11 is 3.59. The number of likely N-dealkylation sites (N-methyl/N-ethyl adjacent to an activating group) is 1. The maximum atomic E-state index is 5.19. The maximum Gasteiger partial charge on any atom is 0.228 e. The lowest BCUT2D eigenvalue weighted by molar-refractivity contribution is 0.395. The molecule has 1 saturated heterocycles. The first kappa shape index (κ1) is 16.0. The number of nitrogens with zero attached hydrogens (tertiary/aromatic N) is 5. The van der Waals surface area contributed by atoms with Gasteiger partial charge in [-0.25, -0.2) is 9.97 Å². The van der Waals surface area contributed by atoms with Crippen molar-refractivity contribution in [3.05, 3.63) is 35.1 Å². The maximum absolute atomic E-state index is 5.19. The Labute approximate surface area is 144 Å². The first-order valence-corrected chi connectivity index (χ1v) is 8.43. The zero-order chi connectivity index (χ0) is 16.2. The summed E-state index contributed by atoms with van der Waals surface area (Å²) < 4.78 is 6.22. The second-order valence-electron chi connectivity index (χ2n) is 5.56. The molecule has 6 nitrogen and oxygen atoms in total. The van der Waals surface area contributed by atoms with E-state index in [9.17, 15) is 0 Å². The predicted molar refractivity (Wildman–Crippen MR) is 94.2 cm³/mol. The molecule has 0 spiro atoms. The van der Waals surface area contributed by atoms with Gasteiger partial charge in [-0.15, -0.1) is 0 Å². The van der Waals surface area contributed by atoms with Crippen LogP contribution in [0.25, 0.3) is 0 Å². The molecule has 7 heteroatoms. The molecular formula is C16H20BrN5O. The predicted octanol–water partition coefficient (Wildman–Crippen LogP) is 2.75. The molecule has 1 fully saturated rings. The minimum absolute atomic E-state index is 0.338. The zero-order valence-electron chi connectivity index (χ0n) is 13.3. The summed E-state index contributed by atoms with van der Waals surface area (Å²) in [5.74, 6) is 2.27. The van der Waals surface area contributed by atoms with Crippen molar-refractivity contribution in [2.24, 2.45) is 0 Å². The van der Waals surface area contributed by atoms with Crippen molar-refractivity contribution in [3.63, 3.8) is 0 Å². The van der Waals surface area contributed by atoms with Gasteiger partial charge in [0, 0.05) is 44.6 Å². The van der Waals surface area contributed by atoms with Gasteiger partial charge in [-0.3, -0.25) is 0 Å². The Morgan fingerprint density at radius 2 is 2.17 bits per heavy atom. The number of hydrogen-bond acceptors (Lipinski definition) is 6. The number of methoxy groups -OCH3 is 1. The molecule has 0 bridgehead atoms. The highest BCUT2D eigenvalue weighted by molar-refractivity contribution is 9.10. The molecule has 1 unspecified atom stereocenters. The van der Waals surface area contributed by atoms with Gasteiger partial charge in [-0.05, 0) is 40.9 Å². The highest BCUT2D eigenvalue weighted by Gasteiger charge is 2.26. The van der Waals surface area contributed by atoms with Crippen LogP contribution in [-0.2, 0) is 0 Å². The lowest BCUT2D eigenvalue weighted by Gasteiger charge is -2.38. The second kappa shape index (κ2) is 7.12. The monoisotopic (exact) mass is 377 g/mol. The van der Waals surface area contributed by atoms with E-state index in [0.29, 0.717) is 17.9 Å². The zero-order valence-corrected chi connectivity index (χ0v) is 14.9. The van der Waals surface area contributed by atoms with E-state index in [4.69, 9.17) is 4.74 Å². The largest absolute Gasteiger partial charge is 0.481 e. The number of rotatable bonds is 4. The molecule has 0 aliphatic carbocycles. The van der Waals surface area contributed by atoms with Gasteiger partial charge in [-0.1, -0.05) is 0 Å². The van der Waals surface area contributed by atoms with Crippen LogP contribution in [-0.4, -0.2) is 48.2 Å². The fourth-order valence-corrected chi connectivity index (χ4v) is 3.36. The van der Waals surface area contributed by atoms with Crippen LogP contribution in [0.15, 0.2) is 35.1 Å². The minimum atomic E-state index is 0.338. The van der Waals surface area contributed by atoms with Gasteiger partial charge in [0.1, 0.15) is 5.82 Å². The van der Waals surface area contributed by atoms with E-state index in [1.54, 1.807) is 19.4 Å². The number of hydrogen-bond donors (Lipinski definition) is 0. The molecule has 0 saturated carbocycles. The van der Waals surface area contributed by atoms with Gasteiger partial charge in [0.15, 0.2) is 0 Å². The lowest BCUT2D eigenvalue weighted by Crippen LogP contribution is -2.47. The molecular weight excluding hydrogens is 358 g/mol. The fraction of sp³-hybridized carbons (Fsp3) is 0.438. The molecule has 1 atom stereocenters. The van der Waals surface area contributed by atoms with Gasteiger partial charge in [-0.2, -0.15) is 4.98 Å². The summed E-state index contributed by atoms with van der Waals surface area (Å²) in [6.45, 7) is 1.91. The average Bonchev–Trinajstić information content (AvgIpc) is 2.61. The number of pyridine rings is 1. The molecule has 2 aromatic heterocycles. The molecule has 23 heavy (non-hydrogen) atoms. The summed E-state index contributed by atoms with van der Waals surface area (Å²) in [4.78, 5) is 17.8. The van der Waals surface area contributed by atoms with Crippen LogP contribution in [0.3, 0.4) is 0 Å². The van der Waals surface area contributed by atoms with E-state index >= 15 is 0 Å². The Kier molecular flexibility index (Phi) is 4.95. The van der Waals surface area contributed by atoms with Crippen molar-refractivity contribution in [2.45, 2.75) is 18.9 Å². The quantitative estimate of drug-likeness (QED) is 0.816. The van der Waals surface area contributed by atoms with Crippen LogP contribution in [0, 0.1) is 0 Å². The molecule has 1 aliphatic rings. The molecule has 1 aliphatic heterocycles. The number of anilines is 2. The van der Waals surface area contributed by atoms with E-state index in [-0.39, 0.29) is 0 Å². The molecule has 0 radical (unpaired) electrons. The number of halogens is 1. The molecule has 3 rings (SSSR count). The van der Waals surface area contributed by atoms with Crippen LogP contribution in [0.5, 0.6) is 5.88 Å². The number of ether oxygens (including phenoxy) is 1. The van der Waals surface area contributed by atoms with Crippen LogP contribution >= 0.6 is 15.9 Å². The fourth-order valence-electron chi connectivity index (χ4n) is 2.85. The van der Waals surface area contributed by atoms with Crippen LogP contribution in [0.1, 0.15) is 12.8 Å². The molecule has 0 amide bonds. The topological polar surface area (TPSA) is 54.4 Å². The van der Waals surface area contributed by atoms with Crippen molar-refractivity contribution in [1.82, 2.24) is 15.0 Å². The van der Waals surface area contributed by atoms with Crippen LogP contribution < -0.4 is 14.5 Å². The van der Waals surface area contributed by atoms with Crippen molar-refractivity contribution in [3.8, 4) is 5.88 Å². The Balaban J connectivity index is 1.76. The van der Waals surface area contributed by atoms with E-state index in [1.807, 2.05) is 25.4 Å². The van der Waals surface area contributed by atoms with Crippen molar-refractivity contribution >= 4 is 27.7 Å². The first-order chi connectivity index (χ1) is 11.2. The summed E-state index contributed by atoms with van der Waals surface area (Å²) in [5, 5.41) is 0. The smallest absolute Gasteiger partial charge is 0.228 e. The van der Waals surface area contributed by atoms with Gasteiger partial charge in [0.05, 0.1) is 11.6 Å². The molecule has 2 aromatic rings. The van der Waals surface area contributed by atoms with Gasteiger partial charge in [0.2, 0.25) is 11.8 Å². The third-order valence-corrected chi connectivity index (χ3v) is 4.74. The lowest BCUT2D eigenvalue weighted by atomic mass is 10.0.